The Morgan fingerprint density at radius 1 is 1.35 bits per heavy atom. The van der Waals surface area contributed by atoms with Crippen LogP contribution in [0, 0.1) is 12.7 Å². The number of carbonyl (C=O) groups is 1. The monoisotopic (exact) mass is 397 g/mol. The van der Waals surface area contributed by atoms with E-state index in [1.807, 2.05) is 25.1 Å². The van der Waals surface area contributed by atoms with E-state index in [0.717, 1.165) is 29.9 Å². The topological polar surface area (TPSA) is 44.4 Å². The zero-order valence-electron chi connectivity index (χ0n) is 14.5. The Hall–Kier alpha value is -1.66. The molecular weight excluding hydrogens is 376 g/mol. The number of nitrogens with one attached hydrogen (secondary N) is 2. The summed E-state index contributed by atoms with van der Waals surface area (Å²) < 4.78 is 13.6. The third-order valence-electron chi connectivity index (χ3n) is 4.48. The Labute approximate surface area is 164 Å². The van der Waals surface area contributed by atoms with Gasteiger partial charge in [0, 0.05) is 36.4 Å². The zero-order valence-corrected chi connectivity index (χ0v) is 16.0. The maximum absolute atomic E-state index is 13.6. The molecule has 2 aromatic carbocycles. The second kappa shape index (κ2) is 9.33. The molecule has 1 heterocycles. The van der Waals surface area contributed by atoms with Crippen molar-refractivity contribution in [2.24, 2.45) is 0 Å². The van der Waals surface area contributed by atoms with Crippen molar-refractivity contribution in [3.63, 3.8) is 0 Å². The van der Waals surface area contributed by atoms with Crippen molar-refractivity contribution >= 4 is 35.6 Å². The van der Waals surface area contributed by atoms with E-state index in [9.17, 15) is 9.18 Å². The van der Waals surface area contributed by atoms with Crippen LogP contribution in [0.4, 0.5) is 10.1 Å². The first-order chi connectivity index (χ1) is 12.0. The lowest BCUT2D eigenvalue weighted by Crippen LogP contribution is -2.48. The Morgan fingerprint density at radius 2 is 2.12 bits per heavy atom. The van der Waals surface area contributed by atoms with Crippen LogP contribution in [0.1, 0.15) is 17.2 Å². The highest BCUT2D eigenvalue weighted by Crippen LogP contribution is 2.25. The highest BCUT2D eigenvalue weighted by molar-refractivity contribution is 6.31. The molecule has 1 aliphatic heterocycles. The lowest BCUT2D eigenvalue weighted by atomic mass is 10.0. The van der Waals surface area contributed by atoms with Crippen molar-refractivity contribution < 1.29 is 9.18 Å². The van der Waals surface area contributed by atoms with Crippen LogP contribution >= 0.6 is 24.0 Å². The predicted molar refractivity (Wildman–Crippen MR) is 106 cm³/mol. The van der Waals surface area contributed by atoms with Crippen molar-refractivity contribution in [2.45, 2.75) is 13.0 Å². The van der Waals surface area contributed by atoms with Gasteiger partial charge in [-0.15, -0.1) is 12.4 Å². The standard InChI is InChI=1S/C19H21ClFN3O.ClH/c1-13-16(20)6-3-7-17(13)23-19(25)12-24-9-8-22-11-18(24)14-4-2-5-15(21)10-14;/h2-7,10,18,22H,8-9,11-12H2,1H3,(H,23,25);1H. The van der Waals surface area contributed by atoms with Gasteiger partial charge in [-0.1, -0.05) is 29.8 Å². The van der Waals surface area contributed by atoms with Crippen LogP contribution in [0.3, 0.4) is 0 Å². The number of halogens is 3. The van der Waals surface area contributed by atoms with E-state index >= 15 is 0 Å². The van der Waals surface area contributed by atoms with Gasteiger partial charge in [0.05, 0.1) is 6.54 Å². The smallest absolute Gasteiger partial charge is 0.238 e. The summed E-state index contributed by atoms with van der Waals surface area (Å²) in [5.41, 5.74) is 2.44. The molecule has 1 aliphatic rings. The number of nitrogens with zero attached hydrogens (tertiary/aromatic N) is 1. The predicted octanol–water partition coefficient (Wildman–Crippen LogP) is 3.79. The molecular formula is C19H22Cl2FN3O. The molecule has 0 aliphatic carbocycles. The molecule has 26 heavy (non-hydrogen) atoms. The Balaban J connectivity index is 0.00000243. The van der Waals surface area contributed by atoms with Gasteiger partial charge in [-0.3, -0.25) is 9.69 Å². The molecule has 1 amide bonds. The van der Waals surface area contributed by atoms with Gasteiger partial charge in [0.15, 0.2) is 0 Å². The highest BCUT2D eigenvalue weighted by Gasteiger charge is 2.26. The highest BCUT2D eigenvalue weighted by atomic mass is 35.5. The fourth-order valence-corrected chi connectivity index (χ4v) is 3.27. The van der Waals surface area contributed by atoms with Gasteiger partial charge in [-0.05, 0) is 42.3 Å². The molecule has 1 atom stereocenters. The first kappa shape index (κ1) is 20.6. The largest absolute Gasteiger partial charge is 0.325 e. The fourth-order valence-electron chi connectivity index (χ4n) is 3.10. The number of benzene rings is 2. The number of rotatable bonds is 4. The average Bonchev–Trinajstić information content (AvgIpc) is 2.59. The quantitative estimate of drug-likeness (QED) is 0.824. The first-order valence-corrected chi connectivity index (χ1v) is 8.67. The fraction of sp³-hybridized carbons (Fsp3) is 0.316. The van der Waals surface area contributed by atoms with Crippen LogP contribution in [-0.4, -0.2) is 37.0 Å². The summed E-state index contributed by atoms with van der Waals surface area (Å²) in [5, 5.41) is 6.85. The summed E-state index contributed by atoms with van der Waals surface area (Å²) in [4.78, 5) is 14.6. The van der Waals surface area contributed by atoms with Crippen molar-refractivity contribution in [3.05, 3.63) is 64.4 Å². The summed E-state index contributed by atoms with van der Waals surface area (Å²) >= 11 is 6.10. The van der Waals surface area contributed by atoms with E-state index in [2.05, 4.69) is 15.5 Å². The number of carbonyl (C=O) groups excluding carboxylic acids is 1. The second-order valence-electron chi connectivity index (χ2n) is 6.21. The lowest BCUT2D eigenvalue weighted by Gasteiger charge is -2.36. The number of amides is 1. The van der Waals surface area contributed by atoms with E-state index in [1.54, 1.807) is 12.1 Å². The summed E-state index contributed by atoms with van der Waals surface area (Å²) in [5.74, 6) is -0.365. The molecule has 0 aromatic heterocycles. The molecule has 4 nitrogen and oxygen atoms in total. The number of anilines is 1. The van der Waals surface area contributed by atoms with Gasteiger partial charge >= 0.3 is 0 Å². The molecule has 7 heteroatoms. The molecule has 0 bridgehead atoms. The maximum atomic E-state index is 13.6. The summed E-state index contributed by atoms with van der Waals surface area (Å²) in [7, 11) is 0. The molecule has 1 saturated heterocycles. The Kier molecular flexibility index (Phi) is 7.41. The molecule has 2 N–H and O–H groups in total. The van der Waals surface area contributed by atoms with Gasteiger partial charge in [0.2, 0.25) is 5.91 Å². The van der Waals surface area contributed by atoms with Crippen LogP contribution in [0.2, 0.25) is 5.02 Å². The van der Waals surface area contributed by atoms with Gasteiger partial charge in [0.1, 0.15) is 5.82 Å². The minimum Gasteiger partial charge on any atom is -0.325 e. The first-order valence-electron chi connectivity index (χ1n) is 8.30. The number of hydrogen-bond acceptors (Lipinski definition) is 3. The molecule has 1 unspecified atom stereocenters. The lowest BCUT2D eigenvalue weighted by molar-refractivity contribution is -0.118. The van der Waals surface area contributed by atoms with E-state index in [1.165, 1.54) is 12.1 Å². The summed E-state index contributed by atoms with van der Waals surface area (Å²) in [6, 6.07) is 12.0. The number of hydrogen-bond donors (Lipinski definition) is 2. The molecule has 140 valence electrons. The van der Waals surface area contributed by atoms with Crippen molar-refractivity contribution in [1.82, 2.24) is 10.2 Å². The van der Waals surface area contributed by atoms with Gasteiger partial charge in [0.25, 0.3) is 0 Å². The van der Waals surface area contributed by atoms with Gasteiger partial charge in [-0.2, -0.15) is 0 Å². The summed E-state index contributed by atoms with van der Waals surface area (Å²) in [6.45, 7) is 4.33. The zero-order chi connectivity index (χ0) is 17.8. The van der Waals surface area contributed by atoms with Crippen LogP contribution < -0.4 is 10.6 Å². The third-order valence-corrected chi connectivity index (χ3v) is 4.89. The average molecular weight is 398 g/mol. The molecule has 0 radical (unpaired) electrons. The Morgan fingerprint density at radius 3 is 2.88 bits per heavy atom. The van der Waals surface area contributed by atoms with E-state index in [4.69, 9.17) is 11.6 Å². The molecule has 2 aromatic rings. The number of piperazine rings is 1. The van der Waals surface area contributed by atoms with E-state index in [-0.39, 0.29) is 36.7 Å². The summed E-state index contributed by atoms with van der Waals surface area (Å²) in [6.07, 6.45) is 0. The Bertz CT molecular complexity index is 772. The van der Waals surface area contributed by atoms with E-state index < -0.39 is 0 Å². The van der Waals surface area contributed by atoms with Gasteiger partial charge < -0.3 is 10.6 Å². The van der Waals surface area contributed by atoms with Gasteiger partial charge in [-0.25, -0.2) is 4.39 Å². The third kappa shape index (κ3) is 4.95. The van der Waals surface area contributed by atoms with Crippen LogP contribution in [-0.2, 0) is 4.79 Å². The van der Waals surface area contributed by atoms with Crippen LogP contribution in [0.25, 0.3) is 0 Å². The molecule has 0 saturated carbocycles. The van der Waals surface area contributed by atoms with Crippen molar-refractivity contribution in [1.29, 1.82) is 0 Å². The molecule has 3 rings (SSSR count). The maximum Gasteiger partial charge on any atom is 0.238 e. The van der Waals surface area contributed by atoms with Crippen LogP contribution in [0.5, 0.6) is 0 Å². The van der Waals surface area contributed by atoms with Crippen molar-refractivity contribution in [2.75, 3.05) is 31.5 Å². The van der Waals surface area contributed by atoms with Crippen molar-refractivity contribution in [3.8, 4) is 0 Å². The van der Waals surface area contributed by atoms with E-state index in [0.29, 0.717) is 11.6 Å². The van der Waals surface area contributed by atoms with Crippen LogP contribution in [0.15, 0.2) is 42.5 Å². The normalized spacial score (nSPS) is 17.4. The minimum atomic E-state index is -0.262. The minimum absolute atomic E-state index is 0. The SMILES string of the molecule is Cc1c(Cl)cccc1NC(=O)CN1CCNCC1c1cccc(F)c1.Cl. The molecule has 1 fully saturated rings. The molecule has 0 spiro atoms. The second-order valence-corrected chi connectivity index (χ2v) is 6.61.